The van der Waals surface area contributed by atoms with Gasteiger partial charge in [0, 0.05) is 29.7 Å². The van der Waals surface area contributed by atoms with Crippen molar-refractivity contribution in [3.8, 4) is 0 Å². The molecule has 1 atom stereocenters. The number of aliphatic hydroxyl groups is 1. The van der Waals surface area contributed by atoms with Crippen molar-refractivity contribution < 1.29 is 5.11 Å². The van der Waals surface area contributed by atoms with Crippen LogP contribution >= 0.6 is 11.3 Å². The number of thiophene rings is 1. The number of nitrogens with zero attached hydrogens (tertiary/aromatic N) is 2. The monoisotopic (exact) mass is 265 g/mol. The minimum Gasteiger partial charge on any atom is -0.394 e. The van der Waals surface area contributed by atoms with Gasteiger partial charge in [-0.25, -0.2) is 0 Å². The Bertz CT molecular complexity index is 453. The minimum atomic E-state index is -0.0438. The second-order valence-electron chi connectivity index (χ2n) is 4.23. The lowest BCUT2D eigenvalue weighted by atomic mass is 10.2. The fourth-order valence-electron chi connectivity index (χ4n) is 1.84. The molecule has 2 aromatic rings. The Hall–Kier alpha value is -1.17. The highest BCUT2D eigenvalue weighted by molar-refractivity contribution is 7.09. The largest absolute Gasteiger partial charge is 0.394 e. The third-order valence-electron chi connectivity index (χ3n) is 2.79. The molecule has 0 saturated carbocycles. The van der Waals surface area contributed by atoms with Crippen LogP contribution in [-0.2, 0) is 13.1 Å². The zero-order valence-electron chi connectivity index (χ0n) is 10.5. The fourth-order valence-corrected chi connectivity index (χ4v) is 2.49. The van der Waals surface area contributed by atoms with E-state index in [0.717, 1.165) is 25.1 Å². The summed E-state index contributed by atoms with van der Waals surface area (Å²) in [7, 11) is 0. The van der Waals surface area contributed by atoms with Crippen LogP contribution in [0.15, 0.2) is 29.9 Å². The van der Waals surface area contributed by atoms with E-state index in [9.17, 15) is 5.11 Å². The molecule has 1 unspecified atom stereocenters. The van der Waals surface area contributed by atoms with Gasteiger partial charge in [0.1, 0.15) is 0 Å². The molecule has 0 aliphatic rings. The Labute approximate surface area is 111 Å². The van der Waals surface area contributed by atoms with Gasteiger partial charge in [0.05, 0.1) is 18.8 Å². The summed E-state index contributed by atoms with van der Waals surface area (Å²) in [6, 6.07) is 4.08. The van der Waals surface area contributed by atoms with Gasteiger partial charge in [-0.15, -0.1) is 11.3 Å². The first-order chi connectivity index (χ1) is 8.83. The van der Waals surface area contributed by atoms with Gasteiger partial charge in [-0.05, 0) is 17.9 Å². The van der Waals surface area contributed by atoms with E-state index in [0.29, 0.717) is 0 Å². The van der Waals surface area contributed by atoms with Crippen LogP contribution in [-0.4, -0.2) is 21.5 Å². The Morgan fingerprint density at radius 3 is 3.11 bits per heavy atom. The topological polar surface area (TPSA) is 50.1 Å². The van der Waals surface area contributed by atoms with Gasteiger partial charge >= 0.3 is 0 Å². The first-order valence-corrected chi connectivity index (χ1v) is 7.10. The molecule has 0 aliphatic carbocycles. The van der Waals surface area contributed by atoms with Crippen LogP contribution in [0.2, 0.25) is 0 Å². The van der Waals surface area contributed by atoms with Crippen LogP contribution in [0.25, 0.3) is 0 Å². The average molecular weight is 265 g/mol. The first kappa shape index (κ1) is 13.3. The van der Waals surface area contributed by atoms with Crippen molar-refractivity contribution in [2.75, 3.05) is 6.61 Å². The third-order valence-corrected chi connectivity index (χ3v) is 3.67. The van der Waals surface area contributed by atoms with Crippen LogP contribution in [0.1, 0.15) is 29.8 Å². The van der Waals surface area contributed by atoms with E-state index in [1.807, 2.05) is 23.1 Å². The van der Waals surface area contributed by atoms with Crippen molar-refractivity contribution >= 4 is 11.3 Å². The molecule has 2 rings (SSSR count). The molecular weight excluding hydrogens is 246 g/mol. The van der Waals surface area contributed by atoms with Crippen LogP contribution in [0, 0.1) is 0 Å². The Morgan fingerprint density at radius 2 is 2.44 bits per heavy atom. The molecule has 0 spiro atoms. The number of hydrogen-bond acceptors (Lipinski definition) is 4. The number of nitrogens with one attached hydrogen (secondary N) is 1. The molecule has 2 N–H and O–H groups in total. The summed E-state index contributed by atoms with van der Waals surface area (Å²) < 4.78 is 1.92. The summed E-state index contributed by atoms with van der Waals surface area (Å²) in [6.45, 7) is 3.91. The molecule has 0 saturated heterocycles. The van der Waals surface area contributed by atoms with Gasteiger partial charge in [-0.3, -0.25) is 4.68 Å². The summed E-state index contributed by atoms with van der Waals surface area (Å²) >= 11 is 1.72. The lowest BCUT2D eigenvalue weighted by Crippen LogP contribution is -2.23. The summed E-state index contributed by atoms with van der Waals surface area (Å²) in [5, 5.41) is 19.1. The molecule has 98 valence electrons. The maximum absolute atomic E-state index is 9.45. The predicted octanol–water partition coefficient (Wildman–Crippen LogP) is 2.18. The molecule has 0 amide bonds. The van der Waals surface area contributed by atoms with E-state index >= 15 is 0 Å². The normalized spacial score (nSPS) is 12.8. The number of hydrogen-bond donors (Lipinski definition) is 2. The highest BCUT2D eigenvalue weighted by atomic mass is 32.1. The standard InChI is InChI=1S/C13H19N3OS/c1-2-5-16-9-11(7-15-16)13(10-17)14-8-12-4-3-6-18-12/h3-4,6-7,9,13-14,17H,2,5,8,10H2,1H3. The second kappa shape index (κ2) is 6.68. The lowest BCUT2D eigenvalue weighted by molar-refractivity contribution is 0.244. The Kier molecular flexibility index (Phi) is 4.92. The lowest BCUT2D eigenvalue weighted by Gasteiger charge is -2.13. The van der Waals surface area contributed by atoms with Crippen molar-refractivity contribution in [1.82, 2.24) is 15.1 Å². The van der Waals surface area contributed by atoms with E-state index in [1.54, 1.807) is 11.3 Å². The highest BCUT2D eigenvalue weighted by Gasteiger charge is 2.12. The van der Waals surface area contributed by atoms with Crippen LogP contribution < -0.4 is 5.32 Å². The van der Waals surface area contributed by atoms with Gasteiger partial charge in [0.15, 0.2) is 0 Å². The van der Waals surface area contributed by atoms with Crippen LogP contribution in [0.3, 0.4) is 0 Å². The van der Waals surface area contributed by atoms with Gasteiger partial charge < -0.3 is 10.4 Å². The van der Waals surface area contributed by atoms with Gasteiger partial charge in [-0.1, -0.05) is 13.0 Å². The molecule has 0 bridgehead atoms. The molecule has 0 radical (unpaired) electrons. The number of aryl methyl sites for hydroxylation is 1. The Balaban J connectivity index is 1.94. The van der Waals surface area contributed by atoms with Crippen molar-refractivity contribution in [3.63, 3.8) is 0 Å². The smallest absolute Gasteiger partial charge is 0.0627 e. The molecule has 2 aromatic heterocycles. The molecule has 2 heterocycles. The Morgan fingerprint density at radius 1 is 1.56 bits per heavy atom. The zero-order chi connectivity index (χ0) is 12.8. The number of aliphatic hydroxyl groups excluding tert-OH is 1. The van der Waals surface area contributed by atoms with E-state index in [-0.39, 0.29) is 12.6 Å². The summed E-state index contributed by atoms with van der Waals surface area (Å²) in [4.78, 5) is 1.27. The minimum absolute atomic E-state index is 0.0438. The molecule has 0 fully saturated rings. The van der Waals surface area contributed by atoms with Crippen LogP contribution in [0.5, 0.6) is 0 Å². The number of aromatic nitrogens is 2. The third kappa shape index (κ3) is 3.41. The summed E-state index contributed by atoms with van der Waals surface area (Å²) in [6.07, 6.45) is 4.90. The van der Waals surface area contributed by atoms with E-state index in [4.69, 9.17) is 0 Å². The van der Waals surface area contributed by atoms with Crippen molar-refractivity contribution in [1.29, 1.82) is 0 Å². The zero-order valence-corrected chi connectivity index (χ0v) is 11.4. The van der Waals surface area contributed by atoms with Crippen molar-refractivity contribution in [2.24, 2.45) is 0 Å². The summed E-state index contributed by atoms with van der Waals surface area (Å²) in [5.74, 6) is 0. The summed E-state index contributed by atoms with van der Waals surface area (Å²) in [5.41, 5.74) is 1.04. The first-order valence-electron chi connectivity index (χ1n) is 6.22. The SMILES string of the molecule is CCCn1cc(C(CO)NCc2cccs2)cn1. The molecule has 18 heavy (non-hydrogen) atoms. The van der Waals surface area contributed by atoms with E-state index in [2.05, 4.69) is 28.8 Å². The maximum Gasteiger partial charge on any atom is 0.0627 e. The molecule has 4 nitrogen and oxygen atoms in total. The van der Waals surface area contributed by atoms with Crippen molar-refractivity contribution in [2.45, 2.75) is 32.5 Å². The van der Waals surface area contributed by atoms with E-state index in [1.165, 1.54) is 4.88 Å². The molecule has 5 heteroatoms. The predicted molar refractivity (Wildman–Crippen MR) is 73.5 cm³/mol. The number of rotatable bonds is 7. The van der Waals surface area contributed by atoms with Crippen molar-refractivity contribution in [3.05, 3.63) is 40.3 Å². The van der Waals surface area contributed by atoms with Gasteiger partial charge in [0.25, 0.3) is 0 Å². The average Bonchev–Trinajstić information content (AvgIpc) is 3.02. The van der Waals surface area contributed by atoms with Gasteiger partial charge in [-0.2, -0.15) is 5.10 Å². The maximum atomic E-state index is 9.45. The fraction of sp³-hybridized carbons (Fsp3) is 0.462. The second-order valence-corrected chi connectivity index (χ2v) is 5.26. The van der Waals surface area contributed by atoms with Crippen LogP contribution in [0.4, 0.5) is 0 Å². The molecule has 0 aromatic carbocycles. The molecule has 0 aliphatic heterocycles. The highest BCUT2D eigenvalue weighted by Crippen LogP contribution is 2.14. The van der Waals surface area contributed by atoms with Gasteiger partial charge in [0.2, 0.25) is 0 Å². The molecular formula is C13H19N3OS. The van der Waals surface area contributed by atoms with E-state index < -0.39 is 0 Å². The quantitative estimate of drug-likeness (QED) is 0.806.